The fourth-order valence-corrected chi connectivity index (χ4v) is 2.95. The Morgan fingerprint density at radius 2 is 1.86 bits per heavy atom. The number of urea groups is 1. The van der Waals surface area contributed by atoms with Gasteiger partial charge in [0.15, 0.2) is 0 Å². The molecule has 1 saturated heterocycles. The first-order valence-corrected chi connectivity index (χ1v) is 7.60. The maximum absolute atomic E-state index is 13.6. The maximum Gasteiger partial charge on any atom is 0.322 e. The zero-order valence-electron chi connectivity index (χ0n) is 12.3. The van der Waals surface area contributed by atoms with Crippen molar-refractivity contribution in [1.29, 1.82) is 0 Å². The largest absolute Gasteiger partial charge is 0.322 e. The summed E-state index contributed by atoms with van der Waals surface area (Å²) in [6.45, 7) is 0.720. The highest BCUT2D eigenvalue weighted by Gasteiger charge is 2.29. The molecule has 2 aromatic rings. The summed E-state index contributed by atoms with van der Waals surface area (Å²) in [6, 6.07) is 16.4. The zero-order valence-corrected chi connectivity index (χ0v) is 12.3. The highest BCUT2D eigenvalue weighted by molar-refractivity contribution is 5.89. The van der Waals surface area contributed by atoms with E-state index in [9.17, 15) is 9.18 Å². The second kappa shape index (κ2) is 6.60. The highest BCUT2D eigenvalue weighted by Crippen LogP contribution is 2.23. The molecule has 0 aromatic heterocycles. The molecule has 1 atom stereocenters. The monoisotopic (exact) mass is 298 g/mol. The standard InChI is InChI=1S/C18H19FN2O/c19-16-10-4-5-11-17(16)20-18(22)21-12-6-9-15(21)13-14-7-2-1-3-8-14/h1-5,7-8,10-11,15H,6,9,12-13H2,(H,20,22)/t15-/m1/s1. The molecule has 1 aliphatic heterocycles. The first-order chi connectivity index (χ1) is 10.7. The molecule has 0 unspecified atom stereocenters. The molecule has 1 heterocycles. The van der Waals surface area contributed by atoms with E-state index in [-0.39, 0.29) is 17.8 Å². The number of halogens is 1. The summed E-state index contributed by atoms with van der Waals surface area (Å²) < 4.78 is 13.6. The predicted molar refractivity (Wildman–Crippen MR) is 85.3 cm³/mol. The second-order valence-electron chi connectivity index (χ2n) is 5.59. The van der Waals surface area contributed by atoms with Crippen molar-refractivity contribution < 1.29 is 9.18 Å². The molecule has 1 N–H and O–H groups in total. The average Bonchev–Trinajstić information content (AvgIpc) is 2.99. The van der Waals surface area contributed by atoms with Crippen LogP contribution >= 0.6 is 0 Å². The number of hydrogen-bond donors (Lipinski definition) is 1. The van der Waals surface area contributed by atoms with Gasteiger partial charge in [-0.15, -0.1) is 0 Å². The molecule has 4 heteroatoms. The Morgan fingerprint density at radius 1 is 1.14 bits per heavy atom. The molecule has 3 nitrogen and oxygen atoms in total. The minimum atomic E-state index is -0.408. The summed E-state index contributed by atoms with van der Waals surface area (Å²) in [6.07, 6.45) is 2.81. The number of likely N-dealkylation sites (tertiary alicyclic amines) is 1. The number of nitrogens with zero attached hydrogens (tertiary/aromatic N) is 1. The van der Waals surface area contributed by atoms with E-state index in [4.69, 9.17) is 0 Å². The van der Waals surface area contributed by atoms with Gasteiger partial charge in [-0.3, -0.25) is 0 Å². The summed E-state index contributed by atoms with van der Waals surface area (Å²) in [5.74, 6) is -0.408. The minimum absolute atomic E-state index is 0.175. The van der Waals surface area contributed by atoms with Crippen LogP contribution in [-0.2, 0) is 6.42 Å². The van der Waals surface area contributed by atoms with Crippen LogP contribution in [0.5, 0.6) is 0 Å². The van der Waals surface area contributed by atoms with Crippen LogP contribution in [0.25, 0.3) is 0 Å². The Kier molecular flexibility index (Phi) is 4.37. The van der Waals surface area contributed by atoms with Gasteiger partial charge in [-0.2, -0.15) is 0 Å². The quantitative estimate of drug-likeness (QED) is 0.910. The van der Waals surface area contributed by atoms with E-state index >= 15 is 0 Å². The molecule has 2 amide bonds. The smallest absolute Gasteiger partial charge is 0.321 e. The van der Waals surface area contributed by atoms with Crippen molar-refractivity contribution in [3.05, 3.63) is 66.0 Å². The van der Waals surface area contributed by atoms with Gasteiger partial charge in [-0.05, 0) is 37.0 Å². The van der Waals surface area contributed by atoms with Crippen LogP contribution in [0.15, 0.2) is 54.6 Å². The number of hydrogen-bond acceptors (Lipinski definition) is 1. The number of rotatable bonds is 3. The number of carbonyl (C=O) groups excluding carboxylic acids is 1. The number of benzene rings is 2. The van der Waals surface area contributed by atoms with Crippen LogP contribution in [0.1, 0.15) is 18.4 Å². The summed E-state index contributed by atoms with van der Waals surface area (Å²) >= 11 is 0. The summed E-state index contributed by atoms with van der Waals surface area (Å²) in [5, 5.41) is 2.68. The summed E-state index contributed by atoms with van der Waals surface area (Å²) in [5.41, 5.74) is 1.45. The second-order valence-corrected chi connectivity index (χ2v) is 5.59. The number of carbonyl (C=O) groups is 1. The van der Waals surface area contributed by atoms with Crippen molar-refractivity contribution in [3.63, 3.8) is 0 Å². The first kappa shape index (κ1) is 14.6. The molecular formula is C18H19FN2O. The van der Waals surface area contributed by atoms with Crippen molar-refractivity contribution in [2.24, 2.45) is 0 Å². The van der Waals surface area contributed by atoms with E-state index in [1.54, 1.807) is 18.2 Å². The van der Waals surface area contributed by atoms with E-state index in [0.717, 1.165) is 25.8 Å². The van der Waals surface area contributed by atoms with Gasteiger partial charge >= 0.3 is 6.03 Å². The van der Waals surface area contributed by atoms with E-state index in [1.807, 2.05) is 23.1 Å². The minimum Gasteiger partial charge on any atom is -0.321 e. The molecular weight excluding hydrogens is 279 g/mol. The van der Waals surface area contributed by atoms with Gasteiger partial charge in [0.25, 0.3) is 0 Å². The molecule has 3 rings (SSSR count). The lowest BCUT2D eigenvalue weighted by molar-refractivity contribution is 0.206. The van der Waals surface area contributed by atoms with E-state index < -0.39 is 5.82 Å². The van der Waals surface area contributed by atoms with E-state index in [0.29, 0.717) is 0 Å². The van der Waals surface area contributed by atoms with Crippen molar-refractivity contribution in [1.82, 2.24) is 4.90 Å². The van der Waals surface area contributed by atoms with Gasteiger partial charge in [0, 0.05) is 12.6 Å². The maximum atomic E-state index is 13.6. The molecule has 1 aliphatic rings. The summed E-state index contributed by atoms with van der Waals surface area (Å²) in [4.78, 5) is 14.2. The average molecular weight is 298 g/mol. The van der Waals surface area contributed by atoms with E-state index in [1.165, 1.54) is 11.6 Å². The highest BCUT2D eigenvalue weighted by atomic mass is 19.1. The third kappa shape index (κ3) is 3.27. The Morgan fingerprint density at radius 3 is 2.64 bits per heavy atom. The van der Waals surface area contributed by atoms with Crippen molar-refractivity contribution in [3.8, 4) is 0 Å². The van der Waals surface area contributed by atoms with Gasteiger partial charge in [0.2, 0.25) is 0 Å². The molecule has 114 valence electrons. The zero-order chi connectivity index (χ0) is 15.4. The van der Waals surface area contributed by atoms with Crippen LogP contribution in [0, 0.1) is 5.82 Å². The predicted octanol–water partition coefficient (Wildman–Crippen LogP) is 4.06. The third-order valence-electron chi connectivity index (χ3n) is 4.07. The van der Waals surface area contributed by atoms with Crippen LogP contribution in [0.3, 0.4) is 0 Å². The van der Waals surface area contributed by atoms with Gasteiger partial charge in [0.1, 0.15) is 5.82 Å². The fraction of sp³-hybridized carbons (Fsp3) is 0.278. The molecule has 0 saturated carbocycles. The number of anilines is 1. The van der Waals surface area contributed by atoms with Crippen LogP contribution in [-0.4, -0.2) is 23.5 Å². The third-order valence-corrected chi connectivity index (χ3v) is 4.07. The van der Waals surface area contributed by atoms with Gasteiger partial charge in [-0.25, -0.2) is 9.18 Å². The van der Waals surface area contributed by atoms with Gasteiger partial charge in [0.05, 0.1) is 5.69 Å². The fourth-order valence-electron chi connectivity index (χ4n) is 2.95. The molecule has 2 aromatic carbocycles. The lowest BCUT2D eigenvalue weighted by atomic mass is 10.0. The summed E-state index contributed by atoms with van der Waals surface area (Å²) in [7, 11) is 0. The number of nitrogens with one attached hydrogen (secondary N) is 1. The molecule has 1 fully saturated rings. The van der Waals surface area contributed by atoms with E-state index in [2.05, 4.69) is 17.4 Å². The number of para-hydroxylation sites is 1. The van der Waals surface area contributed by atoms with Gasteiger partial charge < -0.3 is 10.2 Å². The van der Waals surface area contributed by atoms with Crippen molar-refractivity contribution in [2.45, 2.75) is 25.3 Å². The SMILES string of the molecule is O=C(Nc1ccccc1F)N1CCC[C@@H]1Cc1ccccc1. The van der Waals surface area contributed by atoms with Gasteiger partial charge in [-0.1, -0.05) is 42.5 Å². The molecule has 22 heavy (non-hydrogen) atoms. The Balaban J connectivity index is 1.67. The van der Waals surface area contributed by atoms with Crippen LogP contribution in [0.4, 0.5) is 14.9 Å². The topological polar surface area (TPSA) is 32.3 Å². The molecule has 0 aliphatic carbocycles. The molecule has 0 spiro atoms. The Bertz CT molecular complexity index is 645. The van der Waals surface area contributed by atoms with Crippen molar-refractivity contribution >= 4 is 11.7 Å². The molecule has 0 bridgehead atoms. The first-order valence-electron chi connectivity index (χ1n) is 7.60. The normalized spacial score (nSPS) is 17.5. The Hall–Kier alpha value is -2.36. The Labute approximate surface area is 129 Å². The van der Waals surface area contributed by atoms with Crippen LogP contribution < -0.4 is 5.32 Å². The van der Waals surface area contributed by atoms with Crippen LogP contribution in [0.2, 0.25) is 0 Å². The lowest BCUT2D eigenvalue weighted by Crippen LogP contribution is -2.39. The molecule has 0 radical (unpaired) electrons. The van der Waals surface area contributed by atoms with Crippen molar-refractivity contribution in [2.75, 3.05) is 11.9 Å². The number of amides is 2. The lowest BCUT2D eigenvalue weighted by Gasteiger charge is -2.25.